The number of alkyl halides is 3. The SMILES string of the molecule is Cc1cc(F)cc(-n2nccn2)c1C(=O)N1CCCC(C)C1CNc1ccc(C(F)(F)F)cn1. The van der Waals surface area contributed by atoms with Crippen LogP contribution in [0.4, 0.5) is 23.4 Å². The average Bonchev–Trinajstić information content (AvgIpc) is 3.32. The molecule has 11 heteroatoms. The molecule has 1 saturated heterocycles. The molecule has 2 unspecified atom stereocenters. The number of nitrogens with zero attached hydrogens (tertiary/aromatic N) is 5. The van der Waals surface area contributed by atoms with Crippen LogP contribution >= 0.6 is 0 Å². The number of hydrogen-bond acceptors (Lipinski definition) is 5. The van der Waals surface area contributed by atoms with E-state index in [0.29, 0.717) is 24.2 Å². The Morgan fingerprint density at radius 3 is 2.59 bits per heavy atom. The number of amides is 1. The standard InChI is InChI=1S/C23H24F4N6O/c1-14-4-3-9-32(19(14)13-29-20-6-5-16(12-28-20)23(25,26)27)22(34)21-15(2)10-17(24)11-18(21)33-30-7-8-31-33/h5-8,10-12,14,19H,3-4,9,13H2,1-2H3,(H,28,29). The van der Waals surface area contributed by atoms with Gasteiger partial charge in [-0.25, -0.2) is 9.37 Å². The first kappa shape index (κ1) is 23.7. The summed E-state index contributed by atoms with van der Waals surface area (Å²) in [6, 6.07) is 4.52. The number of aryl methyl sites for hydroxylation is 1. The van der Waals surface area contributed by atoms with Gasteiger partial charge >= 0.3 is 6.18 Å². The molecule has 1 aliphatic heterocycles. The van der Waals surface area contributed by atoms with E-state index in [1.165, 1.54) is 35.4 Å². The van der Waals surface area contributed by atoms with E-state index in [2.05, 4.69) is 20.5 Å². The summed E-state index contributed by atoms with van der Waals surface area (Å²) in [6.07, 6.45) is 0.911. The lowest BCUT2D eigenvalue weighted by Crippen LogP contribution is -2.51. The van der Waals surface area contributed by atoms with Gasteiger partial charge in [0, 0.05) is 25.4 Å². The zero-order valence-electron chi connectivity index (χ0n) is 18.7. The third-order valence-corrected chi connectivity index (χ3v) is 6.09. The molecule has 0 spiro atoms. The van der Waals surface area contributed by atoms with E-state index in [9.17, 15) is 22.4 Å². The summed E-state index contributed by atoms with van der Waals surface area (Å²) >= 11 is 0. The Kier molecular flexibility index (Phi) is 6.54. The molecule has 3 aromatic rings. The summed E-state index contributed by atoms with van der Waals surface area (Å²) in [6.45, 7) is 4.50. The number of piperidine rings is 1. The molecule has 0 radical (unpaired) electrons. The minimum Gasteiger partial charge on any atom is -0.368 e. The van der Waals surface area contributed by atoms with Gasteiger partial charge in [0.1, 0.15) is 17.3 Å². The Bertz CT molecular complexity index is 1150. The van der Waals surface area contributed by atoms with Crippen molar-refractivity contribution in [2.75, 3.05) is 18.4 Å². The first-order valence-electron chi connectivity index (χ1n) is 10.9. The maximum atomic E-state index is 14.2. The van der Waals surface area contributed by atoms with Gasteiger partial charge in [-0.1, -0.05) is 6.92 Å². The quantitative estimate of drug-likeness (QED) is 0.550. The average molecular weight is 476 g/mol. The van der Waals surface area contributed by atoms with E-state index in [0.717, 1.165) is 25.1 Å². The van der Waals surface area contributed by atoms with Crippen molar-refractivity contribution in [3.63, 3.8) is 0 Å². The van der Waals surface area contributed by atoms with Gasteiger partial charge in [0.2, 0.25) is 0 Å². The molecule has 180 valence electrons. The molecule has 2 aromatic heterocycles. The first-order chi connectivity index (χ1) is 16.1. The van der Waals surface area contributed by atoms with Crippen LogP contribution in [0.3, 0.4) is 0 Å². The maximum absolute atomic E-state index is 14.2. The molecule has 1 N–H and O–H groups in total. The summed E-state index contributed by atoms with van der Waals surface area (Å²) in [5.74, 6) is -0.354. The van der Waals surface area contributed by atoms with Crippen molar-refractivity contribution < 1.29 is 22.4 Å². The number of likely N-dealkylation sites (tertiary alicyclic amines) is 1. The molecule has 3 heterocycles. The lowest BCUT2D eigenvalue weighted by Gasteiger charge is -2.40. The predicted molar refractivity (Wildman–Crippen MR) is 117 cm³/mol. The van der Waals surface area contributed by atoms with E-state index in [1.807, 2.05) is 6.92 Å². The summed E-state index contributed by atoms with van der Waals surface area (Å²) in [4.78, 5) is 20.5. The summed E-state index contributed by atoms with van der Waals surface area (Å²) in [7, 11) is 0. The zero-order valence-corrected chi connectivity index (χ0v) is 18.7. The van der Waals surface area contributed by atoms with Gasteiger partial charge in [0.25, 0.3) is 5.91 Å². The molecule has 1 aliphatic rings. The maximum Gasteiger partial charge on any atom is 0.417 e. The second-order valence-electron chi connectivity index (χ2n) is 8.43. The number of hydrogen-bond donors (Lipinski definition) is 1. The van der Waals surface area contributed by atoms with Crippen LogP contribution in [-0.4, -0.2) is 49.9 Å². The molecule has 1 amide bonds. The van der Waals surface area contributed by atoms with E-state index in [-0.39, 0.29) is 29.4 Å². The molecular formula is C23H24F4N6O. The molecule has 1 fully saturated rings. The largest absolute Gasteiger partial charge is 0.417 e. The molecule has 1 aromatic carbocycles. The topological polar surface area (TPSA) is 75.9 Å². The number of carbonyl (C=O) groups excluding carboxylic acids is 1. The Morgan fingerprint density at radius 1 is 1.21 bits per heavy atom. The second kappa shape index (κ2) is 9.40. The van der Waals surface area contributed by atoms with Gasteiger partial charge < -0.3 is 10.2 Å². The van der Waals surface area contributed by atoms with Crippen LogP contribution < -0.4 is 5.32 Å². The second-order valence-corrected chi connectivity index (χ2v) is 8.43. The molecule has 0 saturated carbocycles. The highest BCUT2D eigenvalue weighted by molar-refractivity contribution is 5.99. The highest BCUT2D eigenvalue weighted by Crippen LogP contribution is 2.30. The molecule has 34 heavy (non-hydrogen) atoms. The zero-order chi connectivity index (χ0) is 24.5. The van der Waals surface area contributed by atoms with Crippen molar-refractivity contribution in [2.24, 2.45) is 5.92 Å². The van der Waals surface area contributed by atoms with E-state index < -0.39 is 17.6 Å². The van der Waals surface area contributed by atoms with Gasteiger partial charge in [-0.15, -0.1) is 0 Å². The van der Waals surface area contributed by atoms with Crippen LogP contribution in [0.1, 0.15) is 41.3 Å². The number of rotatable bonds is 5. The van der Waals surface area contributed by atoms with Crippen molar-refractivity contribution in [2.45, 2.75) is 38.9 Å². The number of anilines is 1. The lowest BCUT2D eigenvalue weighted by molar-refractivity contribution is -0.137. The lowest BCUT2D eigenvalue weighted by atomic mass is 9.89. The van der Waals surface area contributed by atoms with Crippen LogP contribution in [-0.2, 0) is 6.18 Å². The number of aromatic nitrogens is 4. The fourth-order valence-corrected chi connectivity index (χ4v) is 4.33. The van der Waals surface area contributed by atoms with Crippen molar-refractivity contribution in [3.05, 3.63) is 65.4 Å². The third-order valence-electron chi connectivity index (χ3n) is 6.09. The Balaban J connectivity index is 1.59. The highest BCUT2D eigenvalue weighted by atomic mass is 19.4. The first-order valence-corrected chi connectivity index (χ1v) is 10.9. The summed E-state index contributed by atoms with van der Waals surface area (Å²) in [5.41, 5.74) is 0.199. The normalized spacial score (nSPS) is 18.7. The van der Waals surface area contributed by atoms with Gasteiger partial charge in [0.05, 0.1) is 29.6 Å². The van der Waals surface area contributed by atoms with Gasteiger partial charge in [0.15, 0.2) is 0 Å². The molecule has 0 aliphatic carbocycles. The monoisotopic (exact) mass is 476 g/mol. The van der Waals surface area contributed by atoms with Crippen LogP contribution in [0.5, 0.6) is 0 Å². The number of carbonyl (C=O) groups is 1. The van der Waals surface area contributed by atoms with Crippen molar-refractivity contribution in [1.82, 2.24) is 24.9 Å². The Labute approximate surface area is 193 Å². The predicted octanol–water partition coefficient (Wildman–Crippen LogP) is 4.48. The van der Waals surface area contributed by atoms with Crippen LogP contribution in [0, 0.1) is 18.7 Å². The van der Waals surface area contributed by atoms with Crippen molar-refractivity contribution in [3.8, 4) is 5.69 Å². The van der Waals surface area contributed by atoms with Gasteiger partial charge in [-0.2, -0.15) is 28.2 Å². The Morgan fingerprint density at radius 2 is 1.94 bits per heavy atom. The minimum atomic E-state index is -4.46. The molecular weight excluding hydrogens is 452 g/mol. The number of benzene rings is 1. The van der Waals surface area contributed by atoms with Gasteiger partial charge in [-0.05, 0) is 49.4 Å². The summed E-state index contributed by atoms with van der Waals surface area (Å²) in [5, 5.41) is 11.2. The van der Waals surface area contributed by atoms with Crippen molar-refractivity contribution in [1.29, 1.82) is 0 Å². The van der Waals surface area contributed by atoms with Gasteiger partial charge in [-0.3, -0.25) is 4.79 Å². The molecule has 4 rings (SSSR count). The fourth-order valence-electron chi connectivity index (χ4n) is 4.33. The van der Waals surface area contributed by atoms with Crippen molar-refractivity contribution >= 4 is 11.7 Å². The van der Waals surface area contributed by atoms with Crippen LogP contribution in [0.2, 0.25) is 0 Å². The number of nitrogens with one attached hydrogen (secondary N) is 1. The van der Waals surface area contributed by atoms with E-state index >= 15 is 0 Å². The summed E-state index contributed by atoms with van der Waals surface area (Å²) < 4.78 is 52.6. The molecule has 2 atom stereocenters. The molecule has 0 bridgehead atoms. The smallest absolute Gasteiger partial charge is 0.368 e. The number of pyridine rings is 1. The van der Waals surface area contributed by atoms with Crippen LogP contribution in [0.25, 0.3) is 5.69 Å². The fraction of sp³-hybridized carbons (Fsp3) is 0.391. The third kappa shape index (κ3) is 4.87. The highest BCUT2D eigenvalue weighted by Gasteiger charge is 2.35. The minimum absolute atomic E-state index is 0.131. The van der Waals surface area contributed by atoms with E-state index in [4.69, 9.17) is 0 Å². The number of halogens is 4. The van der Waals surface area contributed by atoms with E-state index in [1.54, 1.807) is 11.8 Å². The Hall–Kier alpha value is -3.50. The molecule has 7 nitrogen and oxygen atoms in total. The van der Waals surface area contributed by atoms with Crippen LogP contribution in [0.15, 0.2) is 42.9 Å².